The minimum Gasteiger partial charge on any atom is -0.326 e. The van der Waals surface area contributed by atoms with Crippen molar-refractivity contribution in [2.45, 2.75) is 25.4 Å². The molecule has 2 heterocycles. The van der Waals surface area contributed by atoms with E-state index in [9.17, 15) is 9.59 Å². The molecule has 0 radical (unpaired) electrons. The fourth-order valence-electron chi connectivity index (χ4n) is 3.58. The van der Waals surface area contributed by atoms with Crippen LogP contribution in [0.25, 0.3) is 0 Å². The van der Waals surface area contributed by atoms with Crippen LogP contribution in [0.2, 0.25) is 0 Å². The maximum absolute atomic E-state index is 12.8. The highest BCUT2D eigenvalue weighted by atomic mass is 16.2. The predicted octanol–water partition coefficient (Wildman–Crippen LogP) is 2.90. The fourth-order valence-corrected chi connectivity index (χ4v) is 3.58. The normalized spacial score (nSPS) is 20.3. The van der Waals surface area contributed by atoms with Gasteiger partial charge in [0.25, 0.3) is 0 Å². The molecular weight excluding hydrogens is 288 g/mol. The van der Waals surface area contributed by atoms with Gasteiger partial charge >= 0.3 is 0 Å². The van der Waals surface area contributed by atoms with E-state index >= 15 is 0 Å². The minimum atomic E-state index is -0.0148. The van der Waals surface area contributed by atoms with E-state index in [2.05, 4.69) is 0 Å². The first-order valence-corrected chi connectivity index (χ1v) is 7.97. The van der Waals surface area contributed by atoms with E-state index in [0.717, 1.165) is 23.2 Å². The lowest BCUT2D eigenvalue weighted by Gasteiger charge is -2.23. The first-order chi connectivity index (χ1) is 11.2. The highest BCUT2D eigenvalue weighted by molar-refractivity contribution is 5.99. The smallest absolute Gasteiger partial charge is 0.246 e. The number of rotatable bonds is 2. The van der Waals surface area contributed by atoms with Crippen molar-refractivity contribution >= 4 is 17.5 Å². The van der Waals surface area contributed by atoms with E-state index < -0.39 is 0 Å². The van der Waals surface area contributed by atoms with Gasteiger partial charge in [-0.15, -0.1) is 0 Å². The van der Waals surface area contributed by atoms with Gasteiger partial charge in [-0.25, -0.2) is 0 Å². The molecule has 23 heavy (non-hydrogen) atoms. The third-order valence-electron chi connectivity index (χ3n) is 4.70. The summed E-state index contributed by atoms with van der Waals surface area (Å²) in [6.45, 7) is 0.705. The third kappa shape index (κ3) is 2.40. The lowest BCUT2D eigenvalue weighted by Crippen LogP contribution is -2.38. The Balaban J connectivity index is 1.77. The Kier molecular flexibility index (Phi) is 3.37. The second-order valence-electron chi connectivity index (χ2n) is 6.10. The first-order valence-electron chi connectivity index (χ1n) is 7.97. The number of fused-ring (bicyclic) bond motifs is 3. The number of carbonyl (C=O) groups is 2. The molecule has 0 saturated carbocycles. The zero-order valence-electron chi connectivity index (χ0n) is 12.8. The monoisotopic (exact) mass is 306 g/mol. The quantitative estimate of drug-likeness (QED) is 0.856. The van der Waals surface area contributed by atoms with Crippen molar-refractivity contribution in [2.75, 3.05) is 11.4 Å². The van der Waals surface area contributed by atoms with Crippen molar-refractivity contribution in [3.8, 4) is 0 Å². The highest BCUT2D eigenvalue weighted by Crippen LogP contribution is 2.40. The Labute approximate surface area is 135 Å². The summed E-state index contributed by atoms with van der Waals surface area (Å²) in [5, 5.41) is 0. The second kappa shape index (κ2) is 5.54. The summed E-state index contributed by atoms with van der Waals surface area (Å²) < 4.78 is 0. The summed E-state index contributed by atoms with van der Waals surface area (Å²) in [7, 11) is 0. The Morgan fingerprint density at radius 3 is 2.48 bits per heavy atom. The van der Waals surface area contributed by atoms with Crippen LogP contribution < -0.4 is 4.90 Å². The fraction of sp³-hybridized carbons (Fsp3) is 0.263. The number of nitrogens with zero attached hydrogens (tertiary/aromatic N) is 2. The lowest BCUT2D eigenvalue weighted by atomic mass is 10.0. The maximum atomic E-state index is 12.8. The molecule has 2 aliphatic heterocycles. The van der Waals surface area contributed by atoms with Gasteiger partial charge in [0.05, 0.1) is 12.6 Å². The molecule has 2 aliphatic rings. The van der Waals surface area contributed by atoms with Crippen LogP contribution >= 0.6 is 0 Å². The summed E-state index contributed by atoms with van der Waals surface area (Å²) in [4.78, 5) is 28.5. The second-order valence-corrected chi connectivity index (χ2v) is 6.10. The molecule has 1 saturated heterocycles. The minimum absolute atomic E-state index is 0.0148. The Morgan fingerprint density at radius 2 is 1.65 bits per heavy atom. The van der Waals surface area contributed by atoms with E-state index in [1.54, 1.807) is 4.90 Å². The van der Waals surface area contributed by atoms with Gasteiger partial charge < -0.3 is 9.80 Å². The summed E-state index contributed by atoms with van der Waals surface area (Å²) in [5.74, 6) is 0.0683. The SMILES string of the molecule is O=C1CN2C(=O)CCC2c2ccccc2N1Cc1ccccc1. The van der Waals surface area contributed by atoms with Gasteiger partial charge in [-0.3, -0.25) is 9.59 Å². The van der Waals surface area contributed by atoms with Crippen molar-refractivity contribution in [1.29, 1.82) is 0 Å². The van der Waals surface area contributed by atoms with Crippen molar-refractivity contribution in [1.82, 2.24) is 4.90 Å². The van der Waals surface area contributed by atoms with Crippen LogP contribution in [0, 0.1) is 0 Å². The molecule has 1 fully saturated rings. The Bertz CT molecular complexity index is 757. The first kappa shape index (κ1) is 14.0. The van der Waals surface area contributed by atoms with Crippen LogP contribution in [-0.4, -0.2) is 23.3 Å². The number of anilines is 1. The molecule has 1 unspecified atom stereocenters. The number of amides is 2. The van der Waals surface area contributed by atoms with Crippen LogP contribution in [0.15, 0.2) is 54.6 Å². The van der Waals surface area contributed by atoms with Gasteiger partial charge in [-0.2, -0.15) is 0 Å². The molecule has 0 N–H and O–H groups in total. The number of carbonyl (C=O) groups excluding carboxylic acids is 2. The average Bonchev–Trinajstić information content (AvgIpc) is 2.89. The van der Waals surface area contributed by atoms with E-state index in [4.69, 9.17) is 0 Å². The third-order valence-corrected chi connectivity index (χ3v) is 4.70. The van der Waals surface area contributed by atoms with Crippen LogP contribution in [0.1, 0.15) is 30.0 Å². The number of hydrogen-bond acceptors (Lipinski definition) is 2. The van der Waals surface area contributed by atoms with Crippen LogP contribution in [-0.2, 0) is 16.1 Å². The van der Waals surface area contributed by atoms with Gasteiger partial charge in [-0.05, 0) is 23.6 Å². The van der Waals surface area contributed by atoms with Crippen molar-refractivity contribution in [3.05, 3.63) is 65.7 Å². The van der Waals surface area contributed by atoms with E-state index in [1.165, 1.54) is 0 Å². The van der Waals surface area contributed by atoms with Gasteiger partial charge in [0.2, 0.25) is 11.8 Å². The molecule has 4 heteroatoms. The molecule has 1 atom stereocenters. The predicted molar refractivity (Wildman–Crippen MR) is 87.8 cm³/mol. The lowest BCUT2D eigenvalue weighted by molar-refractivity contribution is -0.133. The zero-order chi connectivity index (χ0) is 15.8. The molecule has 0 aliphatic carbocycles. The van der Waals surface area contributed by atoms with Crippen molar-refractivity contribution < 1.29 is 9.59 Å². The molecule has 0 spiro atoms. The van der Waals surface area contributed by atoms with Gasteiger partial charge in [0.1, 0.15) is 6.54 Å². The Morgan fingerprint density at radius 1 is 0.913 bits per heavy atom. The standard InChI is InChI=1S/C19H18N2O2/c22-18-11-10-17-15-8-4-5-9-16(15)20(19(23)13-21(17)18)12-14-6-2-1-3-7-14/h1-9,17H,10-13H2. The van der Waals surface area contributed by atoms with Crippen molar-refractivity contribution in [3.63, 3.8) is 0 Å². The highest BCUT2D eigenvalue weighted by Gasteiger charge is 2.39. The molecule has 0 aromatic heterocycles. The molecule has 0 bridgehead atoms. The number of hydrogen-bond donors (Lipinski definition) is 0. The summed E-state index contributed by atoms with van der Waals surface area (Å²) in [6, 6.07) is 18.0. The van der Waals surface area contributed by atoms with Crippen LogP contribution in [0.3, 0.4) is 0 Å². The van der Waals surface area contributed by atoms with Crippen LogP contribution in [0.4, 0.5) is 5.69 Å². The molecule has 2 aromatic carbocycles. The van der Waals surface area contributed by atoms with E-state index in [1.807, 2.05) is 59.5 Å². The summed E-state index contributed by atoms with van der Waals surface area (Å²) in [6.07, 6.45) is 1.33. The van der Waals surface area contributed by atoms with Crippen molar-refractivity contribution in [2.24, 2.45) is 0 Å². The van der Waals surface area contributed by atoms with Crippen LogP contribution in [0.5, 0.6) is 0 Å². The molecule has 2 amide bonds. The Hall–Kier alpha value is -2.62. The molecule has 4 nitrogen and oxygen atoms in total. The van der Waals surface area contributed by atoms with Gasteiger partial charge in [-0.1, -0.05) is 48.5 Å². The zero-order valence-corrected chi connectivity index (χ0v) is 12.8. The van der Waals surface area contributed by atoms with E-state index in [0.29, 0.717) is 13.0 Å². The van der Waals surface area contributed by atoms with E-state index in [-0.39, 0.29) is 24.4 Å². The number of para-hydroxylation sites is 1. The summed E-state index contributed by atoms with van der Waals surface area (Å²) >= 11 is 0. The van der Waals surface area contributed by atoms with Gasteiger partial charge in [0.15, 0.2) is 0 Å². The average molecular weight is 306 g/mol. The molecular formula is C19H18N2O2. The topological polar surface area (TPSA) is 40.6 Å². The molecule has 116 valence electrons. The largest absolute Gasteiger partial charge is 0.326 e. The molecule has 2 aromatic rings. The number of benzene rings is 2. The maximum Gasteiger partial charge on any atom is 0.246 e. The summed E-state index contributed by atoms with van der Waals surface area (Å²) in [5.41, 5.74) is 3.10. The van der Waals surface area contributed by atoms with Gasteiger partial charge in [0, 0.05) is 12.1 Å². The molecule has 4 rings (SSSR count).